The topological polar surface area (TPSA) is 163 Å². The summed E-state index contributed by atoms with van der Waals surface area (Å²) in [5.41, 5.74) is 5.64. The SMILES string of the molecule is CN1[C@@H]2CC(OC(=O)[C@H](CO)c3ccccc3)C[C@H]1[C@@H]1O[C@@H]12.NC(CC(=O)O)C(=O)O. The fraction of sp³-hybridized carbons (Fsp3) is 0.571. The molecule has 4 rings (SSSR count). The minimum Gasteiger partial charge on any atom is -0.481 e. The van der Waals surface area contributed by atoms with Gasteiger partial charge in [-0.05, 0) is 12.6 Å². The van der Waals surface area contributed by atoms with Gasteiger partial charge >= 0.3 is 17.9 Å². The lowest BCUT2D eigenvalue weighted by atomic mass is 9.97. The number of nitrogens with zero attached hydrogens (tertiary/aromatic N) is 1. The molecule has 0 saturated carbocycles. The number of likely N-dealkylation sites (N-methyl/N-ethyl adjacent to an activating group) is 1. The third-order valence-electron chi connectivity index (χ3n) is 6.04. The number of aliphatic carboxylic acids is 2. The molecule has 3 aliphatic rings. The maximum Gasteiger partial charge on any atom is 0.321 e. The molecule has 3 aliphatic heterocycles. The number of ether oxygens (including phenoxy) is 2. The predicted molar refractivity (Wildman–Crippen MR) is 107 cm³/mol. The number of rotatable bonds is 7. The monoisotopic (exact) mass is 436 g/mol. The van der Waals surface area contributed by atoms with Gasteiger partial charge in [0.05, 0.1) is 13.0 Å². The molecule has 3 saturated heterocycles. The molecule has 3 heterocycles. The van der Waals surface area contributed by atoms with E-state index in [0.29, 0.717) is 24.3 Å². The van der Waals surface area contributed by atoms with Gasteiger partial charge in [-0.15, -0.1) is 0 Å². The van der Waals surface area contributed by atoms with Gasteiger partial charge < -0.3 is 30.5 Å². The summed E-state index contributed by atoms with van der Waals surface area (Å²) in [6, 6.07) is 8.77. The summed E-state index contributed by atoms with van der Waals surface area (Å²) in [4.78, 5) is 34.4. The number of carbonyl (C=O) groups is 3. The zero-order valence-electron chi connectivity index (χ0n) is 17.2. The van der Waals surface area contributed by atoms with Crippen LogP contribution in [0.2, 0.25) is 0 Å². The Labute approximate surface area is 179 Å². The van der Waals surface area contributed by atoms with Crippen molar-refractivity contribution in [1.29, 1.82) is 0 Å². The molecule has 1 aromatic carbocycles. The van der Waals surface area contributed by atoms with Gasteiger partial charge in [0, 0.05) is 24.9 Å². The van der Waals surface area contributed by atoms with Crippen LogP contribution in [0.25, 0.3) is 0 Å². The average molecular weight is 436 g/mol. The Morgan fingerprint density at radius 1 is 1.16 bits per heavy atom. The maximum absolute atomic E-state index is 12.4. The number of nitrogens with two attached hydrogens (primary N) is 1. The van der Waals surface area contributed by atoms with Crippen molar-refractivity contribution in [2.75, 3.05) is 13.7 Å². The number of carboxylic acid groups (broad SMARTS) is 2. The zero-order chi connectivity index (χ0) is 22.7. The summed E-state index contributed by atoms with van der Waals surface area (Å²) in [7, 11) is 2.13. The standard InChI is InChI=1S/C17H21NO4.C4H7NO4/c1-18-13-7-11(8-14(18)16-15(13)22-16)21-17(20)12(9-19)10-5-3-2-4-6-10;5-2(4(8)9)1-3(6)7/h2-6,11-16,19H,7-9H2,1H3;2H,1,5H2,(H,6,7)(H,8,9)/t11?,12-,13-,14+,15-,16+;/m1./s1. The molecular weight excluding hydrogens is 408 g/mol. The maximum atomic E-state index is 12.4. The normalized spacial score (nSPS) is 30.2. The number of morpholine rings is 1. The number of aliphatic hydroxyl groups is 1. The second-order valence-corrected chi connectivity index (χ2v) is 8.08. The van der Waals surface area contributed by atoms with Crippen LogP contribution >= 0.6 is 0 Å². The molecule has 0 amide bonds. The number of hydrogen-bond donors (Lipinski definition) is 4. The number of piperidine rings is 1. The molecule has 2 bridgehead atoms. The van der Waals surface area contributed by atoms with Crippen LogP contribution in [0, 0.1) is 0 Å². The van der Waals surface area contributed by atoms with Crippen LogP contribution in [-0.4, -0.2) is 88.2 Å². The van der Waals surface area contributed by atoms with Crippen molar-refractivity contribution in [3.05, 3.63) is 35.9 Å². The van der Waals surface area contributed by atoms with E-state index in [1.807, 2.05) is 30.3 Å². The Morgan fingerprint density at radius 3 is 2.19 bits per heavy atom. The molecule has 1 aromatic rings. The van der Waals surface area contributed by atoms with Gasteiger partial charge in [-0.3, -0.25) is 19.3 Å². The lowest BCUT2D eigenvalue weighted by Crippen LogP contribution is -2.48. The van der Waals surface area contributed by atoms with Crippen molar-refractivity contribution in [1.82, 2.24) is 4.90 Å². The quantitative estimate of drug-likeness (QED) is 0.332. The minimum absolute atomic E-state index is 0.0622. The molecule has 10 nitrogen and oxygen atoms in total. The van der Waals surface area contributed by atoms with Crippen LogP contribution in [-0.2, 0) is 23.9 Å². The van der Waals surface area contributed by atoms with Crippen molar-refractivity contribution >= 4 is 17.9 Å². The first-order valence-electron chi connectivity index (χ1n) is 10.2. The van der Waals surface area contributed by atoms with Crippen molar-refractivity contribution in [3.63, 3.8) is 0 Å². The number of epoxide rings is 1. The van der Waals surface area contributed by atoms with E-state index in [1.165, 1.54) is 0 Å². The second-order valence-electron chi connectivity index (χ2n) is 8.08. The number of carbonyl (C=O) groups excluding carboxylic acids is 1. The molecule has 170 valence electrons. The summed E-state index contributed by atoms with van der Waals surface area (Å²) in [6.45, 7) is -0.226. The Bertz CT molecular complexity index is 786. The fourth-order valence-corrected chi connectivity index (χ4v) is 4.32. The van der Waals surface area contributed by atoms with E-state index >= 15 is 0 Å². The van der Waals surface area contributed by atoms with Crippen molar-refractivity contribution in [2.24, 2.45) is 5.73 Å². The molecule has 0 aromatic heterocycles. The average Bonchev–Trinajstić information content (AvgIpc) is 3.47. The molecule has 2 unspecified atom stereocenters. The van der Waals surface area contributed by atoms with Gasteiger partial charge in [-0.2, -0.15) is 0 Å². The van der Waals surface area contributed by atoms with Crippen LogP contribution in [0.5, 0.6) is 0 Å². The Kier molecular flexibility index (Phi) is 7.26. The lowest BCUT2D eigenvalue weighted by Gasteiger charge is -2.38. The third-order valence-corrected chi connectivity index (χ3v) is 6.04. The summed E-state index contributed by atoms with van der Waals surface area (Å²) >= 11 is 0. The highest BCUT2D eigenvalue weighted by Crippen LogP contribution is 2.48. The number of benzene rings is 1. The Balaban J connectivity index is 0.000000259. The van der Waals surface area contributed by atoms with Crippen molar-refractivity contribution < 1.29 is 39.2 Å². The molecule has 0 radical (unpaired) electrons. The summed E-state index contributed by atoms with van der Waals surface area (Å²) in [5, 5.41) is 25.6. The first-order chi connectivity index (χ1) is 14.7. The molecule has 7 atom stereocenters. The van der Waals surface area contributed by atoms with Crippen molar-refractivity contribution in [3.8, 4) is 0 Å². The van der Waals surface area contributed by atoms with Crippen molar-refractivity contribution in [2.45, 2.75) is 61.6 Å². The highest BCUT2D eigenvalue weighted by Gasteiger charge is 2.62. The molecular formula is C21H28N2O8. The molecule has 5 N–H and O–H groups in total. The molecule has 0 aliphatic carbocycles. The van der Waals surface area contributed by atoms with Gasteiger partial charge in [0.15, 0.2) is 0 Å². The van der Waals surface area contributed by atoms with Gasteiger partial charge in [0.2, 0.25) is 0 Å². The summed E-state index contributed by atoms with van der Waals surface area (Å²) in [5.74, 6) is -3.41. The van der Waals surface area contributed by atoms with E-state index in [1.54, 1.807) is 0 Å². The number of aliphatic hydroxyl groups excluding tert-OH is 1. The van der Waals surface area contributed by atoms with Gasteiger partial charge in [-0.1, -0.05) is 30.3 Å². The number of esters is 1. The van der Waals surface area contributed by atoms with Crippen LogP contribution in [0.1, 0.15) is 30.7 Å². The lowest BCUT2D eigenvalue weighted by molar-refractivity contribution is -0.156. The van der Waals surface area contributed by atoms with Crippen LogP contribution in [0.3, 0.4) is 0 Å². The molecule has 0 spiro atoms. The van der Waals surface area contributed by atoms with Crippen LogP contribution < -0.4 is 5.73 Å². The minimum atomic E-state index is -1.29. The van der Waals surface area contributed by atoms with Gasteiger partial charge in [-0.25, -0.2) is 0 Å². The fourth-order valence-electron chi connectivity index (χ4n) is 4.32. The number of hydrogen-bond acceptors (Lipinski definition) is 8. The van der Waals surface area contributed by atoms with E-state index in [2.05, 4.69) is 11.9 Å². The van der Waals surface area contributed by atoms with E-state index in [-0.39, 0.29) is 18.7 Å². The van der Waals surface area contributed by atoms with Crippen LogP contribution in [0.15, 0.2) is 30.3 Å². The summed E-state index contributed by atoms with van der Waals surface area (Å²) in [6.07, 6.45) is 1.73. The Hall–Kier alpha value is -2.53. The largest absolute Gasteiger partial charge is 0.481 e. The smallest absolute Gasteiger partial charge is 0.321 e. The third kappa shape index (κ3) is 5.40. The Morgan fingerprint density at radius 2 is 1.74 bits per heavy atom. The van der Waals surface area contributed by atoms with E-state index in [9.17, 15) is 19.5 Å². The van der Waals surface area contributed by atoms with E-state index < -0.39 is 30.3 Å². The number of carboxylic acids is 2. The molecule has 3 fully saturated rings. The zero-order valence-corrected chi connectivity index (χ0v) is 17.2. The molecule has 10 heteroatoms. The van der Waals surface area contributed by atoms with E-state index in [4.69, 9.17) is 25.4 Å². The molecule has 31 heavy (non-hydrogen) atoms. The second kappa shape index (κ2) is 9.73. The summed E-state index contributed by atoms with van der Waals surface area (Å²) < 4.78 is 11.4. The van der Waals surface area contributed by atoms with Gasteiger partial charge in [0.25, 0.3) is 0 Å². The first kappa shape index (κ1) is 23.1. The highest BCUT2D eigenvalue weighted by atomic mass is 16.6. The van der Waals surface area contributed by atoms with Gasteiger partial charge in [0.1, 0.15) is 30.3 Å². The highest BCUT2D eigenvalue weighted by molar-refractivity contribution is 5.80. The van der Waals surface area contributed by atoms with Crippen LogP contribution in [0.4, 0.5) is 0 Å². The van der Waals surface area contributed by atoms with E-state index in [0.717, 1.165) is 18.4 Å². The predicted octanol–water partition coefficient (Wildman–Crippen LogP) is -0.209. The first-order valence-corrected chi connectivity index (χ1v) is 10.2. The number of fused-ring (bicyclic) bond motifs is 5.